The number of likely N-dealkylation sites (N-methyl/N-ethyl adjacent to an activating group) is 1. The Morgan fingerprint density at radius 1 is 1.20 bits per heavy atom. The lowest BCUT2D eigenvalue weighted by atomic mass is 9.87. The van der Waals surface area contributed by atoms with Gasteiger partial charge in [-0.1, -0.05) is 18.2 Å². The van der Waals surface area contributed by atoms with Crippen molar-refractivity contribution in [3.05, 3.63) is 88.7 Å². The van der Waals surface area contributed by atoms with Crippen molar-refractivity contribution < 1.29 is 18.7 Å². The SMILES string of the molecule is CN1CCc2cc(-c3ccc(F)cc3F)ccc2[C@@H]1CCc1cnccc1C(=O)O. The van der Waals surface area contributed by atoms with E-state index in [-0.39, 0.29) is 11.6 Å². The molecule has 0 bridgehead atoms. The Kier molecular flexibility index (Phi) is 5.59. The van der Waals surface area contributed by atoms with Gasteiger partial charge in [0.05, 0.1) is 5.56 Å². The fourth-order valence-corrected chi connectivity index (χ4v) is 4.23. The largest absolute Gasteiger partial charge is 0.478 e. The number of fused-ring (bicyclic) bond motifs is 1. The molecule has 0 radical (unpaired) electrons. The van der Waals surface area contributed by atoms with Gasteiger partial charge in [-0.05, 0) is 66.8 Å². The number of aromatic carboxylic acids is 1. The normalized spacial score (nSPS) is 16.3. The molecular weight excluding hydrogens is 386 g/mol. The molecule has 154 valence electrons. The number of carbonyl (C=O) groups is 1. The van der Waals surface area contributed by atoms with Crippen molar-refractivity contribution in [1.82, 2.24) is 9.88 Å². The highest BCUT2D eigenvalue weighted by Gasteiger charge is 2.25. The van der Waals surface area contributed by atoms with Gasteiger partial charge in [0.1, 0.15) is 11.6 Å². The van der Waals surface area contributed by atoms with Crippen molar-refractivity contribution in [3.63, 3.8) is 0 Å². The van der Waals surface area contributed by atoms with Crippen LogP contribution in [-0.4, -0.2) is 34.6 Å². The minimum absolute atomic E-state index is 0.128. The molecule has 0 saturated carbocycles. The van der Waals surface area contributed by atoms with Gasteiger partial charge in [-0.2, -0.15) is 0 Å². The second-order valence-electron chi connectivity index (χ2n) is 7.66. The topological polar surface area (TPSA) is 53.4 Å². The van der Waals surface area contributed by atoms with Gasteiger partial charge >= 0.3 is 5.97 Å². The fourth-order valence-electron chi connectivity index (χ4n) is 4.23. The Balaban J connectivity index is 1.61. The van der Waals surface area contributed by atoms with E-state index >= 15 is 0 Å². The molecule has 1 aliphatic heterocycles. The standard InChI is InChI=1S/C24H22F2N2O2/c1-28-11-9-16-12-15(19-6-4-18(25)13-22(19)26)2-5-20(16)23(28)7-3-17-14-27-10-8-21(17)24(29)30/h2,4-6,8,10,12-14,23H,3,7,9,11H2,1H3,(H,29,30)/t23-/m0/s1. The maximum atomic E-state index is 14.2. The van der Waals surface area contributed by atoms with E-state index in [1.165, 1.54) is 24.4 Å². The number of hydrogen-bond acceptors (Lipinski definition) is 3. The third kappa shape index (κ3) is 3.96. The Bertz CT molecular complexity index is 1100. The molecular formula is C24H22F2N2O2. The molecule has 6 heteroatoms. The maximum absolute atomic E-state index is 14.2. The number of aryl methyl sites for hydroxylation is 1. The number of pyridine rings is 1. The summed E-state index contributed by atoms with van der Waals surface area (Å²) in [6, 6.07) is 11.2. The van der Waals surface area contributed by atoms with Gasteiger partial charge in [-0.3, -0.25) is 9.88 Å². The summed E-state index contributed by atoms with van der Waals surface area (Å²) in [4.78, 5) is 17.8. The zero-order valence-corrected chi connectivity index (χ0v) is 16.6. The molecule has 30 heavy (non-hydrogen) atoms. The highest BCUT2D eigenvalue weighted by Crippen LogP contribution is 2.35. The minimum Gasteiger partial charge on any atom is -0.478 e. The van der Waals surface area contributed by atoms with Crippen LogP contribution in [0.25, 0.3) is 11.1 Å². The number of halogens is 2. The van der Waals surface area contributed by atoms with Crippen molar-refractivity contribution >= 4 is 5.97 Å². The second-order valence-corrected chi connectivity index (χ2v) is 7.66. The molecule has 0 unspecified atom stereocenters. The Morgan fingerprint density at radius 3 is 2.80 bits per heavy atom. The van der Waals surface area contributed by atoms with Crippen molar-refractivity contribution in [2.45, 2.75) is 25.3 Å². The first kappa shape index (κ1) is 20.2. The molecule has 1 atom stereocenters. The van der Waals surface area contributed by atoms with E-state index < -0.39 is 17.6 Å². The minimum atomic E-state index is -0.948. The van der Waals surface area contributed by atoms with E-state index in [2.05, 4.69) is 16.9 Å². The van der Waals surface area contributed by atoms with E-state index in [4.69, 9.17) is 0 Å². The number of hydrogen-bond donors (Lipinski definition) is 1. The number of carboxylic acid groups (broad SMARTS) is 1. The summed E-state index contributed by atoms with van der Waals surface area (Å²) in [6.07, 6.45) is 5.29. The summed E-state index contributed by atoms with van der Waals surface area (Å²) in [5, 5.41) is 9.40. The molecule has 1 aliphatic rings. The van der Waals surface area contributed by atoms with Crippen LogP contribution in [0.5, 0.6) is 0 Å². The second kappa shape index (κ2) is 8.32. The summed E-state index contributed by atoms with van der Waals surface area (Å²) in [5.41, 5.74) is 4.42. The van der Waals surface area contributed by atoms with Crippen molar-refractivity contribution in [1.29, 1.82) is 0 Å². The van der Waals surface area contributed by atoms with E-state index in [0.717, 1.165) is 47.7 Å². The highest BCUT2D eigenvalue weighted by atomic mass is 19.1. The Labute approximate surface area is 173 Å². The lowest BCUT2D eigenvalue weighted by Crippen LogP contribution is -2.32. The van der Waals surface area contributed by atoms with Crippen molar-refractivity contribution in [2.24, 2.45) is 0 Å². The Morgan fingerprint density at radius 2 is 2.03 bits per heavy atom. The van der Waals surface area contributed by atoms with Crippen LogP contribution in [0.15, 0.2) is 54.9 Å². The Hall–Kier alpha value is -3.12. The van der Waals surface area contributed by atoms with E-state index in [1.807, 2.05) is 18.2 Å². The number of rotatable bonds is 5. The van der Waals surface area contributed by atoms with Crippen LogP contribution in [0.3, 0.4) is 0 Å². The predicted molar refractivity (Wildman–Crippen MR) is 110 cm³/mol. The average Bonchev–Trinajstić information content (AvgIpc) is 2.73. The monoisotopic (exact) mass is 408 g/mol. The molecule has 2 aromatic carbocycles. The molecule has 0 aliphatic carbocycles. The van der Waals surface area contributed by atoms with E-state index in [9.17, 15) is 18.7 Å². The first-order valence-corrected chi connectivity index (χ1v) is 9.88. The molecule has 1 aromatic heterocycles. The van der Waals surface area contributed by atoms with Gasteiger partial charge in [-0.25, -0.2) is 13.6 Å². The predicted octanol–water partition coefficient (Wildman–Crippen LogP) is 4.89. The zero-order chi connectivity index (χ0) is 21.3. The quantitative estimate of drug-likeness (QED) is 0.653. The van der Waals surface area contributed by atoms with Crippen LogP contribution < -0.4 is 0 Å². The molecule has 0 amide bonds. The van der Waals surface area contributed by atoms with Crippen LogP contribution in [-0.2, 0) is 12.8 Å². The van der Waals surface area contributed by atoms with Gasteiger partial charge in [0.15, 0.2) is 0 Å². The van der Waals surface area contributed by atoms with Gasteiger partial charge in [0.2, 0.25) is 0 Å². The molecule has 4 rings (SSSR count). The van der Waals surface area contributed by atoms with Gasteiger partial charge in [-0.15, -0.1) is 0 Å². The van der Waals surface area contributed by atoms with Crippen molar-refractivity contribution in [3.8, 4) is 11.1 Å². The number of nitrogens with zero attached hydrogens (tertiary/aromatic N) is 2. The van der Waals surface area contributed by atoms with Gasteiger partial charge < -0.3 is 5.11 Å². The molecule has 0 saturated heterocycles. The first-order valence-electron chi connectivity index (χ1n) is 9.88. The van der Waals surface area contributed by atoms with Crippen LogP contribution >= 0.6 is 0 Å². The van der Waals surface area contributed by atoms with E-state index in [1.54, 1.807) is 6.20 Å². The molecule has 3 aromatic rings. The molecule has 0 fully saturated rings. The third-order valence-corrected chi connectivity index (χ3v) is 5.83. The smallest absolute Gasteiger partial charge is 0.336 e. The summed E-state index contributed by atoms with van der Waals surface area (Å²) in [5.74, 6) is -2.11. The first-order chi connectivity index (χ1) is 14.4. The third-order valence-electron chi connectivity index (χ3n) is 5.83. The van der Waals surface area contributed by atoms with Gasteiger partial charge in [0.25, 0.3) is 0 Å². The number of benzene rings is 2. The summed E-state index contributed by atoms with van der Waals surface area (Å²) in [7, 11) is 2.06. The van der Waals surface area contributed by atoms with Crippen LogP contribution in [0.4, 0.5) is 8.78 Å². The van der Waals surface area contributed by atoms with Crippen molar-refractivity contribution in [2.75, 3.05) is 13.6 Å². The summed E-state index contributed by atoms with van der Waals surface area (Å²) in [6.45, 7) is 0.853. The zero-order valence-electron chi connectivity index (χ0n) is 16.6. The summed E-state index contributed by atoms with van der Waals surface area (Å²) < 4.78 is 27.5. The van der Waals surface area contributed by atoms with Crippen LogP contribution in [0.2, 0.25) is 0 Å². The van der Waals surface area contributed by atoms with E-state index in [0.29, 0.717) is 12.0 Å². The van der Waals surface area contributed by atoms with Crippen LogP contribution in [0, 0.1) is 11.6 Å². The number of aromatic nitrogens is 1. The lowest BCUT2D eigenvalue weighted by molar-refractivity contribution is 0.0695. The average molecular weight is 408 g/mol. The highest BCUT2D eigenvalue weighted by molar-refractivity contribution is 5.89. The molecule has 2 heterocycles. The lowest BCUT2D eigenvalue weighted by Gasteiger charge is -2.35. The molecule has 0 spiro atoms. The molecule has 1 N–H and O–H groups in total. The van der Waals surface area contributed by atoms with Gasteiger partial charge in [0, 0.05) is 36.6 Å². The maximum Gasteiger partial charge on any atom is 0.336 e. The fraction of sp³-hybridized carbons (Fsp3) is 0.250. The van der Waals surface area contributed by atoms with Crippen LogP contribution in [0.1, 0.15) is 39.5 Å². The number of carboxylic acids is 1. The molecule has 4 nitrogen and oxygen atoms in total. The summed E-state index contributed by atoms with van der Waals surface area (Å²) >= 11 is 0.